The van der Waals surface area contributed by atoms with Gasteiger partial charge in [0.1, 0.15) is 18.0 Å². The van der Waals surface area contributed by atoms with E-state index in [2.05, 4.69) is 15.3 Å². The van der Waals surface area contributed by atoms with E-state index in [1.807, 2.05) is 39.6 Å². The molecule has 0 aliphatic carbocycles. The molecule has 5 heteroatoms. The standard InChI is InChI=1S/C12H22N4O/c1-6-13-10-9(2)11(15-8-14-10)16(5)12(3,4)7-17/h8,17H,6-7H2,1-5H3,(H,13,14,15). The molecule has 1 aromatic heterocycles. The van der Waals surface area contributed by atoms with Crippen LogP contribution in [0.3, 0.4) is 0 Å². The molecule has 96 valence electrons. The molecule has 0 amide bonds. The quantitative estimate of drug-likeness (QED) is 0.812. The summed E-state index contributed by atoms with van der Waals surface area (Å²) >= 11 is 0. The summed E-state index contributed by atoms with van der Waals surface area (Å²) in [6, 6.07) is 0. The van der Waals surface area contributed by atoms with E-state index >= 15 is 0 Å². The molecular formula is C12H22N4O. The minimum atomic E-state index is -0.345. The van der Waals surface area contributed by atoms with E-state index in [4.69, 9.17) is 0 Å². The number of aliphatic hydroxyl groups excluding tert-OH is 1. The van der Waals surface area contributed by atoms with Crippen molar-refractivity contribution in [2.24, 2.45) is 0 Å². The summed E-state index contributed by atoms with van der Waals surface area (Å²) in [5, 5.41) is 12.6. The number of likely N-dealkylation sites (N-methyl/N-ethyl adjacent to an activating group) is 1. The average Bonchev–Trinajstić information content (AvgIpc) is 2.31. The first-order valence-corrected chi connectivity index (χ1v) is 5.84. The summed E-state index contributed by atoms with van der Waals surface area (Å²) < 4.78 is 0. The van der Waals surface area contributed by atoms with Gasteiger partial charge < -0.3 is 15.3 Å². The molecule has 1 rings (SSSR count). The molecule has 0 aliphatic rings. The molecule has 0 saturated heterocycles. The molecule has 0 unspecified atom stereocenters. The van der Waals surface area contributed by atoms with Crippen LogP contribution in [0.1, 0.15) is 26.3 Å². The molecule has 0 atom stereocenters. The molecule has 0 spiro atoms. The third-order valence-corrected chi connectivity index (χ3v) is 3.01. The molecular weight excluding hydrogens is 216 g/mol. The maximum atomic E-state index is 9.39. The van der Waals surface area contributed by atoms with Gasteiger partial charge in [-0.1, -0.05) is 0 Å². The number of hydrogen-bond donors (Lipinski definition) is 2. The van der Waals surface area contributed by atoms with Crippen molar-refractivity contribution in [2.45, 2.75) is 33.2 Å². The van der Waals surface area contributed by atoms with Gasteiger partial charge in [0.15, 0.2) is 0 Å². The summed E-state index contributed by atoms with van der Waals surface area (Å²) in [7, 11) is 1.93. The average molecular weight is 238 g/mol. The number of nitrogens with zero attached hydrogens (tertiary/aromatic N) is 3. The Morgan fingerprint density at radius 2 is 2.06 bits per heavy atom. The number of nitrogens with one attached hydrogen (secondary N) is 1. The van der Waals surface area contributed by atoms with Crippen molar-refractivity contribution in [3.63, 3.8) is 0 Å². The van der Waals surface area contributed by atoms with Crippen molar-refractivity contribution in [2.75, 3.05) is 30.4 Å². The van der Waals surface area contributed by atoms with Crippen LogP contribution in [0, 0.1) is 6.92 Å². The molecule has 2 N–H and O–H groups in total. The predicted octanol–water partition coefficient (Wildman–Crippen LogP) is 1.42. The fraction of sp³-hybridized carbons (Fsp3) is 0.667. The Hall–Kier alpha value is -1.36. The lowest BCUT2D eigenvalue weighted by atomic mass is 10.0. The van der Waals surface area contributed by atoms with Gasteiger partial charge in [0.2, 0.25) is 0 Å². The second-order valence-electron chi connectivity index (χ2n) is 4.73. The van der Waals surface area contributed by atoms with E-state index in [0.29, 0.717) is 0 Å². The number of hydrogen-bond acceptors (Lipinski definition) is 5. The third-order valence-electron chi connectivity index (χ3n) is 3.01. The van der Waals surface area contributed by atoms with Gasteiger partial charge in [0, 0.05) is 19.2 Å². The van der Waals surface area contributed by atoms with Crippen molar-refractivity contribution in [1.29, 1.82) is 0 Å². The van der Waals surface area contributed by atoms with Gasteiger partial charge in [0.05, 0.1) is 12.1 Å². The van der Waals surface area contributed by atoms with E-state index < -0.39 is 0 Å². The molecule has 5 nitrogen and oxygen atoms in total. The Labute approximate surface area is 103 Å². The summed E-state index contributed by atoms with van der Waals surface area (Å²) in [4.78, 5) is 10.5. The Bertz CT molecular complexity index is 379. The zero-order valence-electron chi connectivity index (χ0n) is 11.3. The van der Waals surface area contributed by atoms with Crippen LogP contribution >= 0.6 is 0 Å². The molecule has 0 aliphatic heterocycles. The Balaban J connectivity index is 3.10. The molecule has 0 radical (unpaired) electrons. The second kappa shape index (κ2) is 5.31. The number of aliphatic hydroxyl groups is 1. The van der Waals surface area contributed by atoms with Gasteiger partial charge in [-0.15, -0.1) is 0 Å². The minimum Gasteiger partial charge on any atom is -0.394 e. The van der Waals surface area contributed by atoms with Crippen molar-refractivity contribution >= 4 is 11.6 Å². The molecule has 1 aromatic rings. The molecule has 0 fully saturated rings. The maximum absolute atomic E-state index is 9.39. The monoisotopic (exact) mass is 238 g/mol. The van der Waals surface area contributed by atoms with E-state index in [1.165, 1.54) is 0 Å². The minimum absolute atomic E-state index is 0.0729. The highest BCUT2D eigenvalue weighted by Gasteiger charge is 2.25. The van der Waals surface area contributed by atoms with Gasteiger partial charge in [-0.05, 0) is 27.7 Å². The zero-order chi connectivity index (χ0) is 13.1. The first kappa shape index (κ1) is 13.7. The molecule has 0 bridgehead atoms. The van der Waals surface area contributed by atoms with Crippen LogP contribution in [0.5, 0.6) is 0 Å². The van der Waals surface area contributed by atoms with E-state index in [1.54, 1.807) is 6.33 Å². The fourth-order valence-corrected chi connectivity index (χ4v) is 1.52. The fourth-order valence-electron chi connectivity index (χ4n) is 1.52. The highest BCUT2D eigenvalue weighted by molar-refractivity contribution is 5.58. The van der Waals surface area contributed by atoms with Gasteiger partial charge >= 0.3 is 0 Å². The smallest absolute Gasteiger partial charge is 0.137 e. The van der Waals surface area contributed by atoms with Gasteiger partial charge in [0.25, 0.3) is 0 Å². The number of aromatic nitrogens is 2. The zero-order valence-corrected chi connectivity index (χ0v) is 11.3. The normalized spacial score (nSPS) is 11.4. The van der Waals surface area contributed by atoms with Crippen LogP contribution in [0.25, 0.3) is 0 Å². The summed E-state index contributed by atoms with van der Waals surface area (Å²) in [5.74, 6) is 1.69. The van der Waals surface area contributed by atoms with Gasteiger partial charge in [-0.25, -0.2) is 9.97 Å². The van der Waals surface area contributed by atoms with Crippen LogP contribution in [-0.4, -0.2) is 40.8 Å². The van der Waals surface area contributed by atoms with E-state index in [0.717, 1.165) is 23.7 Å². The first-order valence-electron chi connectivity index (χ1n) is 5.84. The van der Waals surface area contributed by atoms with Crippen LogP contribution in [0.4, 0.5) is 11.6 Å². The summed E-state index contributed by atoms with van der Waals surface area (Å²) in [5.41, 5.74) is 0.654. The highest BCUT2D eigenvalue weighted by Crippen LogP contribution is 2.26. The van der Waals surface area contributed by atoms with E-state index in [-0.39, 0.29) is 12.1 Å². The third kappa shape index (κ3) is 2.85. The van der Waals surface area contributed by atoms with Crippen LogP contribution < -0.4 is 10.2 Å². The molecule has 0 aromatic carbocycles. The van der Waals surface area contributed by atoms with Crippen molar-refractivity contribution in [1.82, 2.24) is 9.97 Å². The maximum Gasteiger partial charge on any atom is 0.137 e. The Morgan fingerprint density at radius 1 is 1.41 bits per heavy atom. The van der Waals surface area contributed by atoms with Crippen LogP contribution in [0.15, 0.2) is 6.33 Å². The second-order valence-corrected chi connectivity index (χ2v) is 4.73. The number of anilines is 2. The molecule has 17 heavy (non-hydrogen) atoms. The van der Waals surface area contributed by atoms with Crippen molar-refractivity contribution < 1.29 is 5.11 Å². The Kier molecular flexibility index (Phi) is 4.28. The lowest BCUT2D eigenvalue weighted by Crippen LogP contribution is -2.45. The number of rotatable bonds is 5. The predicted molar refractivity (Wildman–Crippen MR) is 70.5 cm³/mol. The Morgan fingerprint density at radius 3 is 2.59 bits per heavy atom. The summed E-state index contributed by atoms with van der Waals surface area (Å²) in [6.07, 6.45) is 1.55. The largest absolute Gasteiger partial charge is 0.394 e. The van der Waals surface area contributed by atoms with Crippen molar-refractivity contribution in [3.8, 4) is 0 Å². The lowest BCUT2D eigenvalue weighted by molar-refractivity contribution is 0.215. The highest BCUT2D eigenvalue weighted by atomic mass is 16.3. The summed E-state index contributed by atoms with van der Waals surface area (Å²) in [6.45, 7) is 8.86. The van der Waals surface area contributed by atoms with Crippen molar-refractivity contribution in [3.05, 3.63) is 11.9 Å². The lowest BCUT2D eigenvalue weighted by Gasteiger charge is -2.35. The topological polar surface area (TPSA) is 61.3 Å². The van der Waals surface area contributed by atoms with Gasteiger partial charge in [-0.3, -0.25) is 0 Å². The molecule has 1 heterocycles. The van der Waals surface area contributed by atoms with Crippen LogP contribution in [0.2, 0.25) is 0 Å². The SMILES string of the molecule is CCNc1ncnc(N(C)C(C)(C)CO)c1C. The van der Waals surface area contributed by atoms with Gasteiger partial charge in [-0.2, -0.15) is 0 Å². The first-order chi connectivity index (χ1) is 7.94. The van der Waals surface area contributed by atoms with Crippen LogP contribution in [-0.2, 0) is 0 Å². The molecule has 0 saturated carbocycles. The van der Waals surface area contributed by atoms with E-state index in [9.17, 15) is 5.11 Å².